The first kappa shape index (κ1) is 9.26. The van der Waals surface area contributed by atoms with Gasteiger partial charge in [-0.3, -0.25) is 9.97 Å². The zero-order valence-electron chi connectivity index (χ0n) is 7.66. The van der Waals surface area contributed by atoms with E-state index in [1.54, 1.807) is 24.5 Å². The quantitative estimate of drug-likeness (QED) is 0.790. The van der Waals surface area contributed by atoms with Crippen LogP contribution in [0.1, 0.15) is 10.5 Å². The van der Waals surface area contributed by atoms with E-state index in [-0.39, 0.29) is 5.69 Å². The van der Waals surface area contributed by atoms with Gasteiger partial charge < -0.3 is 5.11 Å². The van der Waals surface area contributed by atoms with E-state index in [2.05, 4.69) is 15.0 Å². The van der Waals surface area contributed by atoms with E-state index in [4.69, 9.17) is 5.11 Å². The van der Waals surface area contributed by atoms with Crippen LogP contribution in [0.2, 0.25) is 0 Å². The molecule has 2 aromatic heterocycles. The lowest BCUT2D eigenvalue weighted by atomic mass is 10.2. The van der Waals surface area contributed by atoms with Crippen LogP contribution in [0.25, 0.3) is 11.3 Å². The van der Waals surface area contributed by atoms with E-state index in [1.807, 2.05) is 0 Å². The van der Waals surface area contributed by atoms with Crippen molar-refractivity contribution in [1.29, 1.82) is 0 Å². The van der Waals surface area contributed by atoms with E-state index >= 15 is 0 Å². The zero-order valence-corrected chi connectivity index (χ0v) is 7.66. The fourth-order valence-corrected chi connectivity index (χ4v) is 1.12. The van der Waals surface area contributed by atoms with Crippen LogP contribution in [0.4, 0.5) is 0 Å². The molecule has 0 atom stereocenters. The Morgan fingerprint density at radius 3 is 2.73 bits per heavy atom. The number of carboxylic acid groups (broad SMARTS) is 1. The Hall–Kier alpha value is -2.30. The van der Waals surface area contributed by atoms with Gasteiger partial charge in [0, 0.05) is 18.0 Å². The smallest absolute Gasteiger partial charge is 0.356 e. The molecule has 2 heterocycles. The molecule has 0 spiro atoms. The predicted octanol–water partition coefficient (Wildman–Crippen LogP) is 1.24. The second-order valence-electron chi connectivity index (χ2n) is 2.84. The molecule has 0 saturated carbocycles. The van der Waals surface area contributed by atoms with Crippen LogP contribution in [0, 0.1) is 0 Å². The Morgan fingerprint density at radius 2 is 2.07 bits per heavy atom. The molecule has 0 aliphatic heterocycles. The average Bonchev–Trinajstić information content (AvgIpc) is 2.30. The van der Waals surface area contributed by atoms with Crippen molar-refractivity contribution >= 4 is 5.97 Å². The van der Waals surface area contributed by atoms with Crippen LogP contribution >= 0.6 is 0 Å². The van der Waals surface area contributed by atoms with E-state index in [0.717, 1.165) is 5.56 Å². The van der Waals surface area contributed by atoms with Gasteiger partial charge in [0.05, 0.1) is 18.1 Å². The van der Waals surface area contributed by atoms with Crippen molar-refractivity contribution in [3.05, 3.63) is 42.6 Å². The summed E-state index contributed by atoms with van der Waals surface area (Å²) in [5.41, 5.74) is 1.17. The van der Waals surface area contributed by atoms with Gasteiger partial charge in [0.25, 0.3) is 0 Å². The summed E-state index contributed by atoms with van der Waals surface area (Å²) in [7, 11) is 0. The Morgan fingerprint density at radius 1 is 1.20 bits per heavy atom. The van der Waals surface area contributed by atoms with Crippen LogP contribution in [0.5, 0.6) is 0 Å². The maximum absolute atomic E-state index is 10.7. The molecule has 0 radical (unpaired) electrons. The third-order valence-electron chi connectivity index (χ3n) is 1.81. The predicted molar refractivity (Wildman–Crippen MR) is 52.2 cm³/mol. The van der Waals surface area contributed by atoms with E-state index in [1.165, 1.54) is 12.4 Å². The molecule has 1 N–H and O–H groups in total. The second kappa shape index (κ2) is 3.83. The van der Waals surface area contributed by atoms with Crippen molar-refractivity contribution < 1.29 is 9.90 Å². The molecule has 0 amide bonds. The van der Waals surface area contributed by atoms with Gasteiger partial charge in [-0.1, -0.05) is 0 Å². The molecule has 0 aliphatic rings. The number of carbonyl (C=O) groups is 1. The molecule has 15 heavy (non-hydrogen) atoms. The summed E-state index contributed by atoms with van der Waals surface area (Å²) >= 11 is 0. The van der Waals surface area contributed by atoms with Gasteiger partial charge in [0.1, 0.15) is 0 Å². The Bertz CT molecular complexity index is 485. The fraction of sp³-hybridized carbons (Fsp3) is 0. The minimum Gasteiger partial charge on any atom is -0.476 e. The molecule has 0 aliphatic carbocycles. The molecule has 0 bridgehead atoms. The normalized spacial score (nSPS) is 9.87. The number of carboxylic acids is 1. The van der Waals surface area contributed by atoms with Crippen molar-refractivity contribution in [3.63, 3.8) is 0 Å². The summed E-state index contributed by atoms with van der Waals surface area (Å²) in [6.07, 6.45) is 5.96. The molecular formula is C10H7N3O2. The maximum atomic E-state index is 10.7. The van der Waals surface area contributed by atoms with Gasteiger partial charge in [0.15, 0.2) is 5.69 Å². The summed E-state index contributed by atoms with van der Waals surface area (Å²) in [5.74, 6) is -1.09. The van der Waals surface area contributed by atoms with Crippen LogP contribution in [-0.2, 0) is 0 Å². The van der Waals surface area contributed by atoms with E-state index in [9.17, 15) is 4.79 Å². The average molecular weight is 201 g/mol. The van der Waals surface area contributed by atoms with E-state index in [0.29, 0.717) is 5.69 Å². The Labute approximate surface area is 85.5 Å². The van der Waals surface area contributed by atoms with Gasteiger partial charge in [0.2, 0.25) is 0 Å². The molecule has 0 fully saturated rings. The standard InChI is InChI=1S/C10H7N3O2/c14-10(15)9-6-12-5-8(13-9)7-2-1-3-11-4-7/h1-6H,(H,14,15). The van der Waals surface area contributed by atoms with Gasteiger partial charge >= 0.3 is 5.97 Å². The molecule has 0 saturated heterocycles. The molecule has 2 rings (SSSR count). The Balaban J connectivity index is 2.46. The first-order valence-corrected chi connectivity index (χ1v) is 4.23. The summed E-state index contributed by atoms with van der Waals surface area (Å²) in [5, 5.41) is 8.74. The second-order valence-corrected chi connectivity index (χ2v) is 2.84. The zero-order chi connectivity index (χ0) is 10.7. The molecular weight excluding hydrogens is 194 g/mol. The van der Waals surface area contributed by atoms with Gasteiger partial charge in [-0.15, -0.1) is 0 Å². The van der Waals surface area contributed by atoms with Crippen molar-refractivity contribution in [2.24, 2.45) is 0 Å². The number of pyridine rings is 1. The highest BCUT2D eigenvalue weighted by atomic mass is 16.4. The maximum Gasteiger partial charge on any atom is 0.356 e. The molecule has 74 valence electrons. The number of aromatic carboxylic acids is 1. The lowest BCUT2D eigenvalue weighted by Gasteiger charge is -1.99. The number of rotatable bonds is 2. The van der Waals surface area contributed by atoms with Gasteiger partial charge in [-0.2, -0.15) is 0 Å². The topological polar surface area (TPSA) is 76.0 Å². The SMILES string of the molecule is O=C(O)c1cncc(-c2cccnc2)n1. The molecule has 5 heteroatoms. The van der Waals surface area contributed by atoms with Crippen molar-refractivity contribution in [3.8, 4) is 11.3 Å². The van der Waals surface area contributed by atoms with Crippen LogP contribution in [-0.4, -0.2) is 26.0 Å². The summed E-state index contributed by atoms with van der Waals surface area (Å²) in [6, 6.07) is 3.55. The van der Waals surface area contributed by atoms with E-state index < -0.39 is 5.97 Å². The van der Waals surface area contributed by atoms with Gasteiger partial charge in [-0.25, -0.2) is 9.78 Å². The van der Waals surface area contributed by atoms with Crippen LogP contribution in [0.15, 0.2) is 36.9 Å². The molecule has 2 aromatic rings. The number of nitrogens with zero attached hydrogens (tertiary/aromatic N) is 3. The third-order valence-corrected chi connectivity index (χ3v) is 1.81. The number of hydrogen-bond acceptors (Lipinski definition) is 4. The van der Waals surface area contributed by atoms with Crippen molar-refractivity contribution in [2.75, 3.05) is 0 Å². The van der Waals surface area contributed by atoms with Crippen molar-refractivity contribution in [1.82, 2.24) is 15.0 Å². The van der Waals surface area contributed by atoms with Gasteiger partial charge in [-0.05, 0) is 12.1 Å². The number of aromatic nitrogens is 3. The minimum absolute atomic E-state index is 0.0728. The highest BCUT2D eigenvalue weighted by Crippen LogP contribution is 2.13. The highest BCUT2D eigenvalue weighted by Gasteiger charge is 2.07. The number of hydrogen-bond donors (Lipinski definition) is 1. The minimum atomic E-state index is -1.09. The van der Waals surface area contributed by atoms with Crippen LogP contribution < -0.4 is 0 Å². The molecule has 0 unspecified atom stereocenters. The summed E-state index contributed by atoms with van der Waals surface area (Å²) < 4.78 is 0. The highest BCUT2D eigenvalue weighted by molar-refractivity contribution is 5.85. The largest absolute Gasteiger partial charge is 0.476 e. The first-order valence-electron chi connectivity index (χ1n) is 4.23. The Kier molecular flexibility index (Phi) is 2.37. The lowest BCUT2D eigenvalue weighted by molar-refractivity contribution is 0.0690. The monoisotopic (exact) mass is 201 g/mol. The first-order chi connectivity index (χ1) is 7.27. The molecule has 5 nitrogen and oxygen atoms in total. The third kappa shape index (κ3) is 1.96. The van der Waals surface area contributed by atoms with Crippen LogP contribution in [0.3, 0.4) is 0 Å². The summed E-state index contributed by atoms with van der Waals surface area (Å²) in [4.78, 5) is 22.3. The molecule has 0 aromatic carbocycles. The van der Waals surface area contributed by atoms with Crippen molar-refractivity contribution in [2.45, 2.75) is 0 Å². The fourth-order valence-electron chi connectivity index (χ4n) is 1.12. The summed E-state index contributed by atoms with van der Waals surface area (Å²) in [6.45, 7) is 0. The lowest BCUT2D eigenvalue weighted by Crippen LogP contribution is -2.01.